The van der Waals surface area contributed by atoms with Crippen molar-refractivity contribution in [2.24, 2.45) is 0 Å². The summed E-state index contributed by atoms with van der Waals surface area (Å²) in [5, 5.41) is 0. The normalized spacial score (nSPS) is 11.7. The first-order valence-electron chi connectivity index (χ1n) is 9.68. The summed E-state index contributed by atoms with van der Waals surface area (Å²) in [6, 6.07) is 5.07. The monoisotopic (exact) mass is 449 g/mol. The van der Waals surface area contributed by atoms with Crippen molar-refractivity contribution in [1.29, 1.82) is 0 Å². The molecule has 0 bridgehead atoms. The number of amides is 1. The van der Waals surface area contributed by atoms with Crippen LogP contribution in [0.15, 0.2) is 29.8 Å². The van der Waals surface area contributed by atoms with Gasteiger partial charge in [0.05, 0.1) is 45.6 Å². The van der Waals surface area contributed by atoms with Gasteiger partial charge in [-0.3, -0.25) is 9.59 Å². The molecule has 1 amide bonds. The molecule has 174 valence electrons. The molecule has 0 N–H and O–H groups in total. The van der Waals surface area contributed by atoms with Crippen LogP contribution in [0.1, 0.15) is 36.2 Å². The minimum Gasteiger partial charge on any atom is -0.467 e. The van der Waals surface area contributed by atoms with Gasteiger partial charge in [0, 0.05) is 0 Å². The van der Waals surface area contributed by atoms with Crippen LogP contribution in [0.3, 0.4) is 0 Å². The molecule has 0 heterocycles. The van der Waals surface area contributed by atoms with Crippen molar-refractivity contribution < 1.29 is 42.9 Å². The number of esters is 4. The van der Waals surface area contributed by atoms with Gasteiger partial charge in [0.2, 0.25) is 5.91 Å². The van der Waals surface area contributed by atoms with E-state index in [9.17, 15) is 24.0 Å². The van der Waals surface area contributed by atoms with Gasteiger partial charge in [0.1, 0.15) is 12.5 Å². The van der Waals surface area contributed by atoms with Gasteiger partial charge in [-0.15, -0.1) is 0 Å². The summed E-state index contributed by atoms with van der Waals surface area (Å²) in [5.41, 5.74) is 0.877. The second kappa shape index (κ2) is 12.9. The molecule has 1 rings (SSSR count). The summed E-state index contributed by atoms with van der Waals surface area (Å²) in [7, 11) is 3.59. The summed E-state index contributed by atoms with van der Waals surface area (Å²) in [4.78, 5) is 61.6. The molecule has 0 aliphatic rings. The fraction of sp³-hybridized carbons (Fsp3) is 0.409. The summed E-state index contributed by atoms with van der Waals surface area (Å²) in [6.45, 7) is 2.77. The number of hydrogen-bond acceptors (Lipinski definition) is 9. The molecule has 0 unspecified atom stereocenters. The van der Waals surface area contributed by atoms with Gasteiger partial charge < -0.3 is 23.8 Å². The van der Waals surface area contributed by atoms with Crippen molar-refractivity contribution in [3.8, 4) is 0 Å². The fourth-order valence-corrected chi connectivity index (χ4v) is 2.69. The highest BCUT2D eigenvalue weighted by atomic mass is 16.5. The van der Waals surface area contributed by atoms with Crippen molar-refractivity contribution in [3.05, 3.63) is 41.0 Å². The van der Waals surface area contributed by atoms with E-state index in [0.29, 0.717) is 11.1 Å². The molecule has 1 aromatic carbocycles. The Morgan fingerprint density at radius 3 is 2.09 bits per heavy atom. The largest absolute Gasteiger partial charge is 0.467 e. The van der Waals surface area contributed by atoms with Gasteiger partial charge >= 0.3 is 23.9 Å². The summed E-state index contributed by atoms with van der Waals surface area (Å²) in [6.07, 6.45) is 0.832. The summed E-state index contributed by atoms with van der Waals surface area (Å²) < 4.78 is 18.9. The smallest absolute Gasteiger partial charge is 0.337 e. The maximum atomic E-state index is 12.7. The molecule has 32 heavy (non-hydrogen) atoms. The second-order valence-corrected chi connectivity index (χ2v) is 6.48. The van der Waals surface area contributed by atoms with Crippen LogP contribution < -0.4 is 0 Å². The maximum Gasteiger partial charge on any atom is 0.337 e. The lowest BCUT2D eigenvalue weighted by Crippen LogP contribution is -2.46. The number of carbonyl (C=O) groups is 5. The Bertz CT molecular complexity index is 874. The average Bonchev–Trinajstić information content (AvgIpc) is 2.79. The van der Waals surface area contributed by atoms with Crippen molar-refractivity contribution >= 4 is 35.9 Å². The van der Waals surface area contributed by atoms with E-state index in [1.165, 1.54) is 39.4 Å². The van der Waals surface area contributed by atoms with Gasteiger partial charge in [-0.25, -0.2) is 14.4 Å². The third-order valence-electron chi connectivity index (χ3n) is 4.39. The van der Waals surface area contributed by atoms with E-state index >= 15 is 0 Å². The molecule has 0 aliphatic carbocycles. The van der Waals surface area contributed by atoms with Crippen LogP contribution in [0.2, 0.25) is 0 Å². The molecule has 0 fully saturated rings. The lowest BCUT2D eigenvalue weighted by molar-refractivity contribution is -0.156. The lowest BCUT2D eigenvalue weighted by Gasteiger charge is -2.27. The highest BCUT2D eigenvalue weighted by Crippen LogP contribution is 2.15. The molecule has 10 heteroatoms. The standard InChI is InChI=1S/C22H27NO9/c1-6-32-19(25)12-18(24)23(14(2)20(26)29-3)13-17(22(28)31-5)11-15-7-9-16(10-8-15)21(27)30-4/h7-11,14H,6,12-13H2,1-5H3/b17-11+/t14-/m0/s1. The maximum absolute atomic E-state index is 12.7. The number of hydrogen-bond donors (Lipinski definition) is 0. The number of benzene rings is 1. The Morgan fingerprint density at radius 2 is 1.59 bits per heavy atom. The zero-order valence-electron chi connectivity index (χ0n) is 18.7. The molecule has 0 aliphatic heterocycles. The molecule has 0 saturated carbocycles. The predicted molar refractivity (Wildman–Crippen MR) is 112 cm³/mol. The molecule has 1 atom stereocenters. The minimum atomic E-state index is -1.09. The second-order valence-electron chi connectivity index (χ2n) is 6.48. The number of ether oxygens (including phenoxy) is 4. The van der Waals surface area contributed by atoms with Gasteiger partial charge in [-0.2, -0.15) is 0 Å². The van der Waals surface area contributed by atoms with E-state index in [0.717, 1.165) is 12.0 Å². The van der Waals surface area contributed by atoms with E-state index in [2.05, 4.69) is 4.74 Å². The Morgan fingerprint density at radius 1 is 0.969 bits per heavy atom. The van der Waals surface area contributed by atoms with Crippen LogP contribution in [0.25, 0.3) is 6.08 Å². The van der Waals surface area contributed by atoms with Crippen molar-refractivity contribution in [2.75, 3.05) is 34.5 Å². The molecule has 10 nitrogen and oxygen atoms in total. The number of rotatable bonds is 10. The third kappa shape index (κ3) is 7.53. The number of nitrogens with zero attached hydrogens (tertiary/aromatic N) is 1. The molecular weight excluding hydrogens is 422 g/mol. The molecular formula is C22H27NO9. The number of methoxy groups -OCH3 is 3. The van der Waals surface area contributed by atoms with E-state index in [1.807, 2.05) is 0 Å². The quantitative estimate of drug-likeness (QED) is 0.225. The third-order valence-corrected chi connectivity index (χ3v) is 4.39. The highest BCUT2D eigenvalue weighted by Gasteiger charge is 2.30. The highest BCUT2D eigenvalue weighted by molar-refractivity contribution is 5.99. The summed E-state index contributed by atoms with van der Waals surface area (Å²) in [5.74, 6) is -3.47. The van der Waals surface area contributed by atoms with Crippen LogP contribution in [0.4, 0.5) is 0 Å². The van der Waals surface area contributed by atoms with E-state index in [-0.39, 0.29) is 18.7 Å². The first-order chi connectivity index (χ1) is 15.2. The molecule has 1 aromatic rings. The van der Waals surface area contributed by atoms with Gasteiger partial charge in [0.15, 0.2) is 0 Å². The average molecular weight is 449 g/mol. The Balaban J connectivity index is 3.28. The van der Waals surface area contributed by atoms with Crippen molar-refractivity contribution in [3.63, 3.8) is 0 Å². The topological polar surface area (TPSA) is 126 Å². The Hall–Kier alpha value is -3.69. The zero-order valence-corrected chi connectivity index (χ0v) is 18.7. The van der Waals surface area contributed by atoms with E-state index in [4.69, 9.17) is 14.2 Å². The molecule has 0 radical (unpaired) electrons. The van der Waals surface area contributed by atoms with Gasteiger partial charge in [-0.05, 0) is 37.6 Å². The number of carbonyl (C=O) groups excluding carboxylic acids is 5. The van der Waals surface area contributed by atoms with Crippen LogP contribution in [0.5, 0.6) is 0 Å². The first-order valence-corrected chi connectivity index (χ1v) is 9.68. The molecule has 0 saturated heterocycles. The Labute approximate surface area is 186 Å². The van der Waals surface area contributed by atoms with Gasteiger partial charge in [-0.1, -0.05) is 12.1 Å². The molecule has 0 spiro atoms. The van der Waals surface area contributed by atoms with Crippen molar-refractivity contribution in [2.45, 2.75) is 26.3 Å². The summed E-state index contributed by atoms with van der Waals surface area (Å²) >= 11 is 0. The van der Waals surface area contributed by atoms with Crippen LogP contribution >= 0.6 is 0 Å². The lowest BCUT2D eigenvalue weighted by atomic mass is 10.1. The van der Waals surface area contributed by atoms with Crippen LogP contribution in [0, 0.1) is 0 Å². The van der Waals surface area contributed by atoms with Gasteiger partial charge in [0.25, 0.3) is 0 Å². The van der Waals surface area contributed by atoms with Crippen LogP contribution in [-0.4, -0.2) is 75.2 Å². The Kier molecular flexibility index (Phi) is 10.6. The minimum absolute atomic E-state index is 0.0336. The van der Waals surface area contributed by atoms with E-state index in [1.54, 1.807) is 19.1 Å². The fourth-order valence-electron chi connectivity index (χ4n) is 2.69. The molecule has 0 aromatic heterocycles. The zero-order chi connectivity index (χ0) is 24.3. The first kappa shape index (κ1) is 26.3. The predicted octanol–water partition coefficient (Wildman–Crippen LogP) is 1.37. The SMILES string of the molecule is CCOC(=O)CC(=O)N(C/C(=C\c1ccc(C(=O)OC)cc1)C(=O)OC)[C@@H](C)C(=O)OC. The van der Waals surface area contributed by atoms with Crippen molar-refractivity contribution in [1.82, 2.24) is 4.90 Å². The van der Waals surface area contributed by atoms with Crippen LogP contribution in [-0.2, 0) is 38.1 Å². The van der Waals surface area contributed by atoms with E-state index < -0.39 is 42.2 Å².